The molecule has 3 aromatic heterocycles. The molecule has 0 unspecified atom stereocenters. The number of fused-ring (bicyclic) bond motifs is 1. The number of hydrogen-bond acceptors (Lipinski definition) is 5. The molecule has 0 saturated carbocycles. The highest BCUT2D eigenvalue weighted by Gasteiger charge is 2.25. The van der Waals surface area contributed by atoms with Crippen LogP contribution in [-0.2, 0) is 19.6 Å². The van der Waals surface area contributed by atoms with Gasteiger partial charge in [-0.2, -0.15) is 0 Å². The van der Waals surface area contributed by atoms with Crippen LogP contribution in [0.4, 0.5) is 0 Å². The number of aromatic hydroxyl groups is 1. The fourth-order valence-electron chi connectivity index (χ4n) is 4.02. The van der Waals surface area contributed by atoms with Crippen LogP contribution in [0.2, 0.25) is 0 Å². The normalized spacial score (nSPS) is 11.7. The standard InChI is InChI=1S/C25H29N5O3/c1-16(2)13-29-23-21(24(32)30(25(29)33)14-17(3)4)28(15-18-9-6-5-7-10-18)22(27-23)20-19(31)11-8-12-26-20/h5-12,16-17,31H,13-15H2,1-4H3. The molecule has 33 heavy (non-hydrogen) atoms. The van der Waals surface area contributed by atoms with Crippen molar-refractivity contribution in [2.24, 2.45) is 11.8 Å². The fraction of sp³-hybridized carbons (Fsp3) is 0.360. The highest BCUT2D eigenvalue weighted by Crippen LogP contribution is 2.29. The molecule has 0 atom stereocenters. The van der Waals surface area contributed by atoms with E-state index in [1.807, 2.05) is 58.0 Å². The van der Waals surface area contributed by atoms with E-state index in [4.69, 9.17) is 4.98 Å². The van der Waals surface area contributed by atoms with E-state index in [9.17, 15) is 14.7 Å². The first-order chi connectivity index (χ1) is 15.8. The van der Waals surface area contributed by atoms with Crippen LogP contribution in [0.15, 0.2) is 58.3 Å². The summed E-state index contributed by atoms with van der Waals surface area (Å²) in [5.74, 6) is 0.595. The molecule has 0 aliphatic rings. The lowest BCUT2D eigenvalue weighted by Gasteiger charge is -2.15. The molecule has 0 bridgehead atoms. The third-order valence-corrected chi connectivity index (χ3v) is 5.39. The molecular formula is C25H29N5O3. The van der Waals surface area contributed by atoms with E-state index in [-0.39, 0.29) is 34.5 Å². The first-order valence-corrected chi connectivity index (χ1v) is 11.2. The molecule has 0 saturated heterocycles. The Kier molecular flexibility index (Phi) is 6.18. The number of pyridine rings is 1. The van der Waals surface area contributed by atoms with Crippen molar-refractivity contribution < 1.29 is 5.11 Å². The zero-order valence-corrected chi connectivity index (χ0v) is 19.4. The van der Waals surface area contributed by atoms with Crippen LogP contribution in [0.1, 0.15) is 33.3 Å². The largest absolute Gasteiger partial charge is 0.506 e. The number of nitrogens with zero attached hydrogens (tertiary/aromatic N) is 5. The van der Waals surface area contributed by atoms with Gasteiger partial charge in [-0.25, -0.2) is 14.8 Å². The van der Waals surface area contributed by atoms with Crippen molar-refractivity contribution in [1.82, 2.24) is 23.7 Å². The average molecular weight is 448 g/mol. The summed E-state index contributed by atoms with van der Waals surface area (Å²) in [5.41, 5.74) is 1.13. The quantitative estimate of drug-likeness (QED) is 0.468. The van der Waals surface area contributed by atoms with Crippen molar-refractivity contribution >= 4 is 11.2 Å². The first kappa shape index (κ1) is 22.5. The molecule has 1 N–H and O–H groups in total. The summed E-state index contributed by atoms with van der Waals surface area (Å²) >= 11 is 0. The van der Waals surface area contributed by atoms with Gasteiger partial charge in [0.15, 0.2) is 17.0 Å². The average Bonchev–Trinajstić information content (AvgIpc) is 3.14. The molecule has 1 aromatic carbocycles. The van der Waals surface area contributed by atoms with Gasteiger partial charge in [-0.15, -0.1) is 0 Å². The predicted molar refractivity (Wildman–Crippen MR) is 128 cm³/mol. The summed E-state index contributed by atoms with van der Waals surface area (Å²) in [4.78, 5) is 36.1. The van der Waals surface area contributed by atoms with Gasteiger partial charge in [0.1, 0.15) is 11.4 Å². The zero-order chi connectivity index (χ0) is 23.7. The lowest BCUT2D eigenvalue weighted by atomic mass is 10.2. The zero-order valence-electron chi connectivity index (χ0n) is 19.4. The van der Waals surface area contributed by atoms with Crippen LogP contribution in [0.3, 0.4) is 0 Å². The molecule has 0 fully saturated rings. The van der Waals surface area contributed by atoms with Crippen molar-refractivity contribution in [3.05, 3.63) is 75.1 Å². The minimum absolute atomic E-state index is 0.0395. The summed E-state index contributed by atoms with van der Waals surface area (Å²) in [6.45, 7) is 9.06. The van der Waals surface area contributed by atoms with Gasteiger partial charge in [0.2, 0.25) is 0 Å². The second-order valence-electron chi connectivity index (χ2n) is 9.15. The van der Waals surface area contributed by atoms with Crippen molar-refractivity contribution in [3.63, 3.8) is 0 Å². The van der Waals surface area contributed by atoms with Crippen LogP contribution >= 0.6 is 0 Å². The third-order valence-electron chi connectivity index (χ3n) is 5.39. The molecule has 8 heteroatoms. The predicted octanol–water partition coefficient (Wildman–Crippen LogP) is 3.49. The van der Waals surface area contributed by atoms with Gasteiger partial charge in [0.05, 0.1) is 0 Å². The Bertz CT molecular complexity index is 1400. The van der Waals surface area contributed by atoms with Gasteiger partial charge >= 0.3 is 5.69 Å². The SMILES string of the molecule is CC(C)Cn1c(=O)c2c(nc(-c3ncccc3O)n2Cc2ccccc2)n(CC(C)C)c1=O. The Morgan fingerprint density at radius 3 is 2.18 bits per heavy atom. The van der Waals surface area contributed by atoms with Crippen LogP contribution in [0, 0.1) is 11.8 Å². The maximum atomic E-state index is 13.7. The summed E-state index contributed by atoms with van der Waals surface area (Å²) < 4.78 is 4.65. The van der Waals surface area contributed by atoms with Crippen LogP contribution < -0.4 is 11.2 Å². The van der Waals surface area contributed by atoms with Gasteiger partial charge in [-0.1, -0.05) is 58.0 Å². The van der Waals surface area contributed by atoms with Crippen molar-refractivity contribution in [2.75, 3.05) is 0 Å². The number of imidazole rings is 1. The van der Waals surface area contributed by atoms with Crippen LogP contribution in [-0.4, -0.2) is 28.8 Å². The maximum absolute atomic E-state index is 13.7. The van der Waals surface area contributed by atoms with Gasteiger partial charge in [0.25, 0.3) is 5.56 Å². The topological polar surface area (TPSA) is 94.9 Å². The smallest absolute Gasteiger partial charge is 0.332 e. The highest BCUT2D eigenvalue weighted by molar-refractivity contribution is 5.77. The number of benzene rings is 1. The van der Waals surface area contributed by atoms with Crippen LogP contribution in [0.25, 0.3) is 22.7 Å². The van der Waals surface area contributed by atoms with E-state index in [2.05, 4.69) is 4.98 Å². The summed E-state index contributed by atoms with van der Waals surface area (Å²) in [7, 11) is 0. The van der Waals surface area contributed by atoms with Gasteiger partial charge in [0, 0.05) is 25.8 Å². The molecule has 0 radical (unpaired) electrons. The van der Waals surface area contributed by atoms with E-state index in [0.717, 1.165) is 5.56 Å². The second-order valence-corrected chi connectivity index (χ2v) is 9.15. The molecule has 0 spiro atoms. The number of rotatable bonds is 7. The number of hydrogen-bond donors (Lipinski definition) is 1. The molecular weight excluding hydrogens is 418 g/mol. The van der Waals surface area contributed by atoms with Gasteiger partial charge < -0.3 is 9.67 Å². The monoisotopic (exact) mass is 447 g/mol. The van der Waals surface area contributed by atoms with Gasteiger partial charge in [-0.05, 0) is 29.5 Å². The van der Waals surface area contributed by atoms with E-state index >= 15 is 0 Å². The summed E-state index contributed by atoms with van der Waals surface area (Å²) in [6.07, 6.45) is 1.57. The Morgan fingerprint density at radius 1 is 0.879 bits per heavy atom. The lowest BCUT2D eigenvalue weighted by molar-refractivity contribution is 0.450. The molecule has 3 heterocycles. The maximum Gasteiger partial charge on any atom is 0.332 e. The van der Waals surface area contributed by atoms with E-state index in [1.54, 1.807) is 21.4 Å². The fourth-order valence-corrected chi connectivity index (χ4v) is 4.02. The molecule has 172 valence electrons. The molecule has 4 rings (SSSR count). The lowest BCUT2D eigenvalue weighted by Crippen LogP contribution is -2.42. The minimum Gasteiger partial charge on any atom is -0.506 e. The Morgan fingerprint density at radius 2 is 1.55 bits per heavy atom. The van der Waals surface area contributed by atoms with Crippen molar-refractivity contribution in [3.8, 4) is 17.3 Å². The molecule has 0 amide bonds. The third kappa shape index (κ3) is 4.33. The Labute approximate surface area is 191 Å². The minimum atomic E-state index is -0.381. The summed E-state index contributed by atoms with van der Waals surface area (Å²) in [6, 6.07) is 12.9. The first-order valence-electron chi connectivity index (χ1n) is 11.2. The Hall–Kier alpha value is -3.68. The highest BCUT2D eigenvalue weighted by atomic mass is 16.3. The van der Waals surface area contributed by atoms with Gasteiger partial charge in [-0.3, -0.25) is 13.9 Å². The molecule has 0 aliphatic carbocycles. The van der Waals surface area contributed by atoms with E-state index in [0.29, 0.717) is 36.6 Å². The summed E-state index contributed by atoms with van der Waals surface area (Å²) in [5, 5.41) is 10.5. The molecule has 4 aromatic rings. The van der Waals surface area contributed by atoms with Crippen LogP contribution in [0.5, 0.6) is 5.75 Å². The molecule has 0 aliphatic heterocycles. The van der Waals surface area contributed by atoms with E-state index in [1.165, 1.54) is 10.6 Å². The van der Waals surface area contributed by atoms with Crippen molar-refractivity contribution in [1.29, 1.82) is 0 Å². The number of aromatic nitrogens is 5. The van der Waals surface area contributed by atoms with Crippen molar-refractivity contribution in [2.45, 2.75) is 47.3 Å². The Balaban J connectivity index is 2.12. The second kappa shape index (κ2) is 9.05. The molecule has 8 nitrogen and oxygen atoms in total. The van der Waals surface area contributed by atoms with E-state index < -0.39 is 0 Å².